The van der Waals surface area contributed by atoms with Crippen LogP contribution in [-0.2, 0) is 4.79 Å². The highest BCUT2D eigenvalue weighted by Gasteiger charge is 2.16. The monoisotopic (exact) mass is 262 g/mol. The highest BCUT2D eigenvalue weighted by molar-refractivity contribution is 6.42. The van der Waals surface area contributed by atoms with Gasteiger partial charge in [-0.2, -0.15) is 0 Å². The Bertz CT molecular complexity index is 576. The van der Waals surface area contributed by atoms with Crippen LogP contribution in [0.15, 0.2) is 72.8 Å². The Morgan fingerprint density at radius 3 is 1.35 bits per heavy atom. The molecule has 0 N–H and O–H groups in total. The lowest BCUT2D eigenvalue weighted by Gasteiger charge is -2.10. The van der Waals surface area contributed by atoms with E-state index in [2.05, 4.69) is 0 Å². The van der Waals surface area contributed by atoms with Crippen LogP contribution in [0.5, 0.6) is 0 Å². The van der Waals surface area contributed by atoms with E-state index in [4.69, 9.17) is 0 Å². The van der Waals surface area contributed by atoms with Crippen LogP contribution in [0.1, 0.15) is 25.0 Å². The molecular formula is C19H18O. The highest BCUT2D eigenvalue weighted by atomic mass is 16.1. The normalized spacial score (nSPS) is 12.3. The van der Waals surface area contributed by atoms with E-state index in [9.17, 15) is 4.79 Å². The van der Waals surface area contributed by atoms with Gasteiger partial charge in [0.25, 0.3) is 0 Å². The van der Waals surface area contributed by atoms with E-state index in [0.717, 1.165) is 22.3 Å². The summed E-state index contributed by atoms with van der Waals surface area (Å²) < 4.78 is 0. The van der Waals surface area contributed by atoms with E-state index in [-0.39, 0.29) is 5.78 Å². The van der Waals surface area contributed by atoms with Crippen molar-refractivity contribution in [3.8, 4) is 0 Å². The Morgan fingerprint density at radius 2 is 1.05 bits per heavy atom. The molecule has 0 saturated heterocycles. The van der Waals surface area contributed by atoms with Gasteiger partial charge in [0.1, 0.15) is 0 Å². The van der Waals surface area contributed by atoms with E-state index >= 15 is 0 Å². The summed E-state index contributed by atoms with van der Waals surface area (Å²) in [7, 11) is 0. The molecule has 1 heteroatoms. The molecule has 2 aromatic carbocycles. The summed E-state index contributed by atoms with van der Waals surface area (Å²) in [6, 6.07) is 19.6. The van der Waals surface area contributed by atoms with Crippen LogP contribution in [-0.4, -0.2) is 5.78 Å². The van der Waals surface area contributed by atoms with E-state index in [0.29, 0.717) is 0 Å². The van der Waals surface area contributed by atoms with Crippen molar-refractivity contribution >= 4 is 16.9 Å². The smallest absolute Gasteiger partial charge is 0.193 e. The van der Waals surface area contributed by atoms with Crippen LogP contribution in [0, 0.1) is 0 Å². The van der Waals surface area contributed by atoms with Crippen molar-refractivity contribution in [3.63, 3.8) is 0 Å². The van der Waals surface area contributed by atoms with Crippen LogP contribution in [0.2, 0.25) is 0 Å². The molecule has 0 aromatic heterocycles. The van der Waals surface area contributed by atoms with Gasteiger partial charge < -0.3 is 0 Å². The van der Waals surface area contributed by atoms with Gasteiger partial charge in [0.05, 0.1) is 0 Å². The number of Topliss-reactive ketones (excluding diaryl/α,β-unsaturated/α-hetero) is 1. The summed E-state index contributed by atoms with van der Waals surface area (Å²) in [5, 5.41) is 0. The quantitative estimate of drug-likeness (QED) is 0.726. The average Bonchev–Trinajstić information content (AvgIpc) is 2.51. The molecule has 0 aliphatic heterocycles. The van der Waals surface area contributed by atoms with Crippen LogP contribution in [0.25, 0.3) is 11.1 Å². The molecule has 0 atom stereocenters. The number of allylic oxidation sites excluding steroid dienone is 4. The van der Waals surface area contributed by atoms with Crippen molar-refractivity contribution in [2.75, 3.05) is 0 Å². The molecule has 0 fully saturated rings. The fourth-order valence-electron chi connectivity index (χ4n) is 2.24. The van der Waals surface area contributed by atoms with Gasteiger partial charge in [0.15, 0.2) is 5.78 Å². The summed E-state index contributed by atoms with van der Waals surface area (Å²) >= 11 is 0. The van der Waals surface area contributed by atoms with E-state index < -0.39 is 0 Å². The molecular weight excluding hydrogens is 244 g/mol. The molecule has 0 saturated carbocycles. The van der Waals surface area contributed by atoms with Crippen molar-refractivity contribution in [3.05, 3.63) is 83.9 Å². The SMILES string of the molecule is C/C=C(\C(=O)/C(=C\C)c1ccccc1)c1ccccc1. The molecule has 2 rings (SSSR count). The Kier molecular flexibility index (Phi) is 4.67. The molecule has 0 unspecified atom stereocenters. The second-order valence-electron chi connectivity index (χ2n) is 4.47. The van der Waals surface area contributed by atoms with Gasteiger partial charge in [-0.25, -0.2) is 0 Å². The molecule has 0 aliphatic rings. The number of carbonyl (C=O) groups excluding carboxylic acids is 1. The van der Waals surface area contributed by atoms with Gasteiger partial charge in [0, 0.05) is 11.1 Å². The van der Waals surface area contributed by atoms with Crippen LogP contribution >= 0.6 is 0 Å². The molecule has 0 bridgehead atoms. The van der Waals surface area contributed by atoms with Gasteiger partial charge in [-0.05, 0) is 25.0 Å². The largest absolute Gasteiger partial charge is 0.289 e. The van der Waals surface area contributed by atoms with Crippen molar-refractivity contribution in [1.29, 1.82) is 0 Å². The zero-order chi connectivity index (χ0) is 14.4. The third-order valence-electron chi connectivity index (χ3n) is 3.24. The summed E-state index contributed by atoms with van der Waals surface area (Å²) in [6.07, 6.45) is 3.76. The number of hydrogen-bond donors (Lipinski definition) is 0. The minimum absolute atomic E-state index is 0.0624. The number of ketones is 1. The Hall–Kier alpha value is -2.41. The Balaban J connectivity index is 2.39. The van der Waals surface area contributed by atoms with E-state index in [1.165, 1.54) is 0 Å². The van der Waals surface area contributed by atoms with Crippen LogP contribution in [0.3, 0.4) is 0 Å². The Labute approximate surface area is 120 Å². The lowest BCUT2D eigenvalue weighted by Crippen LogP contribution is -2.05. The lowest BCUT2D eigenvalue weighted by atomic mass is 9.92. The molecule has 0 amide bonds. The average molecular weight is 262 g/mol. The molecule has 0 aliphatic carbocycles. The lowest BCUT2D eigenvalue weighted by molar-refractivity contribution is -0.108. The summed E-state index contributed by atoms with van der Waals surface area (Å²) in [6.45, 7) is 3.80. The first-order valence-corrected chi connectivity index (χ1v) is 6.76. The zero-order valence-corrected chi connectivity index (χ0v) is 11.8. The fourth-order valence-corrected chi connectivity index (χ4v) is 2.24. The molecule has 2 aromatic rings. The summed E-state index contributed by atoms with van der Waals surface area (Å²) in [5.74, 6) is 0.0624. The second-order valence-corrected chi connectivity index (χ2v) is 4.47. The second kappa shape index (κ2) is 6.67. The molecule has 0 heterocycles. The fraction of sp³-hybridized carbons (Fsp3) is 0.105. The van der Waals surface area contributed by atoms with Gasteiger partial charge in [-0.3, -0.25) is 4.79 Å². The minimum Gasteiger partial charge on any atom is -0.289 e. The predicted octanol–water partition coefficient (Wildman–Crippen LogP) is 4.76. The topological polar surface area (TPSA) is 17.1 Å². The number of rotatable bonds is 4. The van der Waals surface area contributed by atoms with Crippen LogP contribution < -0.4 is 0 Å². The van der Waals surface area contributed by atoms with Gasteiger partial charge in [-0.1, -0.05) is 72.8 Å². The number of benzene rings is 2. The first-order chi connectivity index (χ1) is 9.77. The maximum atomic E-state index is 12.8. The minimum atomic E-state index is 0.0624. The highest BCUT2D eigenvalue weighted by Crippen LogP contribution is 2.24. The predicted molar refractivity (Wildman–Crippen MR) is 85.2 cm³/mol. The third-order valence-corrected chi connectivity index (χ3v) is 3.24. The van der Waals surface area contributed by atoms with Crippen molar-refractivity contribution in [2.45, 2.75) is 13.8 Å². The van der Waals surface area contributed by atoms with Crippen molar-refractivity contribution in [2.24, 2.45) is 0 Å². The first-order valence-electron chi connectivity index (χ1n) is 6.76. The van der Waals surface area contributed by atoms with E-state index in [1.54, 1.807) is 0 Å². The van der Waals surface area contributed by atoms with Crippen LogP contribution in [0.4, 0.5) is 0 Å². The zero-order valence-electron chi connectivity index (χ0n) is 11.8. The molecule has 0 radical (unpaired) electrons. The molecule has 0 spiro atoms. The van der Waals surface area contributed by atoms with Gasteiger partial charge >= 0.3 is 0 Å². The number of hydrogen-bond acceptors (Lipinski definition) is 1. The summed E-state index contributed by atoms with van der Waals surface area (Å²) in [5.41, 5.74) is 3.38. The maximum absolute atomic E-state index is 12.8. The van der Waals surface area contributed by atoms with Crippen molar-refractivity contribution in [1.82, 2.24) is 0 Å². The van der Waals surface area contributed by atoms with Crippen molar-refractivity contribution < 1.29 is 4.79 Å². The van der Waals surface area contributed by atoms with E-state index in [1.807, 2.05) is 86.7 Å². The molecule has 100 valence electrons. The van der Waals surface area contributed by atoms with Gasteiger partial charge in [0.2, 0.25) is 0 Å². The Morgan fingerprint density at radius 1 is 0.700 bits per heavy atom. The maximum Gasteiger partial charge on any atom is 0.193 e. The summed E-state index contributed by atoms with van der Waals surface area (Å²) in [4.78, 5) is 12.8. The third kappa shape index (κ3) is 2.94. The number of carbonyl (C=O) groups is 1. The first kappa shape index (κ1) is 14.0. The standard InChI is InChI=1S/C19H18O/c1-3-17(15-11-7-5-8-12-15)19(20)18(4-2)16-13-9-6-10-14-16/h3-14H,1-2H3/b17-3-,18-4-. The van der Waals surface area contributed by atoms with Gasteiger partial charge in [-0.15, -0.1) is 0 Å². The molecule has 20 heavy (non-hydrogen) atoms. The molecule has 1 nitrogen and oxygen atoms in total.